The number of hydrogen-bond donors (Lipinski definition) is 0. The average molecular weight is 293 g/mol. The first-order chi connectivity index (χ1) is 9.12. The Balaban J connectivity index is 1.92. The van der Waals surface area contributed by atoms with Gasteiger partial charge in [0, 0.05) is 0 Å². The molecule has 0 N–H and O–H groups in total. The van der Waals surface area contributed by atoms with Crippen LogP contribution in [0.25, 0.3) is 0 Å². The second kappa shape index (κ2) is 5.87. The first-order valence-electron chi connectivity index (χ1n) is 5.51. The predicted octanol–water partition coefficient (Wildman–Crippen LogP) is 2.47. The fourth-order valence-corrected chi connectivity index (χ4v) is 3.68. The van der Waals surface area contributed by atoms with Crippen LogP contribution < -0.4 is 4.74 Å². The van der Waals surface area contributed by atoms with Crippen molar-refractivity contribution in [3.8, 4) is 11.8 Å². The zero-order valence-corrected chi connectivity index (χ0v) is 11.6. The van der Waals surface area contributed by atoms with Crippen molar-refractivity contribution < 1.29 is 13.2 Å². The molecule has 1 heterocycles. The molecule has 0 amide bonds. The summed E-state index contributed by atoms with van der Waals surface area (Å²) in [5.41, 5.74) is 0.540. The van der Waals surface area contributed by atoms with Gasteiger partial charge in [0.25, 0.3) is 0 Å². The van der Waals surface area contributed by atoms with Crippen LogP contribution in [0.4, 0.5) is 0 Å². The molecule has 98 valence electrons. The topological polar surface area (TPSA) is 67.2 Å². The molecular weight excluding hydrogens is 282 g/mol. The summed E-state index contributed by atoms with van der Waals surface area (Å²) in [6.45, 7) is 0.0894. The molecule has 0 spiro atoms. The van der Waals surface area contributed by atoms with Gasteiger partial charge < -0.3 is 4.74 Å². The van der Waals surface area contributed by atoms with Crippen LogP contribution >= 0.6 is 11.3 Å². The lowest BCUT2D eigenvalue weighted by molar-refractivity contribution is 0.341. The summed E-state index contributed by atoms with van der Waals surface area (Å²) in [4.78, 5) is 0. The molecule has 2 rings (SSSR count). The fourth-order valence-electron chi connectivity index (χ4n) is 1.44. The molecule has 0 aliphatic rings. The van der Waals surface area contributed by atoms with Crippen molar-refractivity contribution in [3.05, 3.63) is 47.3 Å². The van der Waals surface area contributed by atoms with Gasteiger partial charge in [0.1, 0.15) is 16.6 Å². The highest BCUT2D eigenvalue weighted by Gasteiger charge is 2.15. The summed E-state index contributed by atoms with van der Waals surface area (Å²) in [5.74, 6) is 0.494. The third kappa shape index (κ3) is 3.56. The number of hydrogen-bond acceptors (Lipinski definition) is 5. The molecule has 1 aromatic carbocycles. The maximum atomic E-state index is 11.9. The Hall–Kier alpha value is -1.84. The first-order valence-corrected chi connectivity index (χ1v) is 8.04. The number of sulfone groups is 1. The van der Waals surface area contributed by atoms with Gasteiger partial charge in [-0.3, -0.25) is 0 Å². The second-order valence-electron chi connectivity index (χ2n) is 3.74. The van der Waals surface area contributed by atoms with E-state index in [2.05, 4.69) is 0 Å². The maximum Gasteiger partial charge on any atom is 0.191 e. The number of benzene rings is 1. The molecule has 0 radical (unpaired) electrons. The molecule has 0 saturated carbocycles. The smallest absolute Gasteiger partial charge is 0.191 e. The number of nitriles is 1. The zero-order valence-electron chi connectivity index (χ0n) is 9.94. The van der Waals surface area contributed by atoms with Gasteiger partial charge in [-0.2, -0.15) is 5.26 Å². The van der Waals surface area contributed by atoms with E-state index in [1.165, 1.54) is 11.3 Å². The highest BCUT2D eigenvalue weighted by molar-refractivity contribution is 7.93. The standard InChI is InChI=1S/C13H11NO3S2/c14-10-11-3-5-12(6-4-11)17-7-9-19(15,16)13-2-1-8-18-13/h1-6,8H,7,9H2. The number of thiophene rings is 1. The fraction of sp³-hybridized carbons (Fsp3) is 0.154. The van der Waals surface area contributed by atoms with Gasteiger partial charge in [0.15, 0.2) is 9.84 Å². The summed E-state index contributed by atoms with van der Waals surface area (Å²) in [7, 11) is -3.26. The Labute approximate surface area is 115 Å². The monoisotopic (exact) mass is 293 g/mol. The summed E-state index contributed by atoms with van der Waals surface area (Å²) in [5, 5.41) is 10.4. The predicted molar refractivity (Wildman–Crippen MR) is 73.0 cm³/mol. The Morgan fingerprint density at radius 1 is 1.21 bits per heavy atom. The lowest BCUT2D eigenvalue weighted by Gasteiger charge is -2.06. The van der Waals surface area contributed by atoms with E-state index in [-0.39, 0.29) is 12.4 Å². The molecule has 0 atom stereocenters. The minimum Gasteiger partial charge on any atom is -0.493 e. The third-order valence-corrected chi connectivity index (χ3v) is 5.57. The van der Waals surface area contributed by atoms with Crippen molar-refractivity contribution in [1.82, 2.24) is 0 Å². The van der Waals surface area contributed by atoms with Crippen molar-refractivity contribution in [3.63, 3.8) is 0 Å². The lowest BCUT2D eigenvalue weighted by atomic mass is 10.2. The van der Waals surface area contributed by atoms with Gasteiger partial charge >= 0.3 is 0 Å². The minimum absolute atomic E-state index is 0.0620. The molecule has 0 aliphatic heterocycles. The normalized spacial score (nSPS) is 10.9. The number of rotatable bonds is 5. The molecular formula is C13H11NO3S2. The van der Waals surface area contributed by atoms with Crippen LogP contribution in [0, 0.1) is 11.3 Å². The largest absolute Gasteiger partial charge is 0.493 e. The quantitative estimate of drug-likeness (QED) is 0.849. The van der Waals surface area contributed by atoms with Crippen LogP contribution in [0.2, 0.25) is 0 Å². The Morgan fingerprint density at radius 2 is 1.95 bits per heavy atom. The van der Waals surface area contributed by atoms with Gasteiger partial charge in [-0.05, 0) is 35.7 Å². The van der Waals surface area contributed by atoms with E-state index in [0.717, 1.165) is 0 Å². The summed E-state index contributed by atoms with van der Waals surface area (Å²) < 4.78 is 29.5. The van der Waals surface area contributed by atoms with Gasteiger partial charge in [0.2, 0.25) is 0 Å². The average Bonchev–Trinajstić information content (AvgIpc) is 2.94. The molecule has 4 nitrogen and oxygen atoms in total. The summed E-state index contributed by atoms with van der Waals surface area (Å²) >= 11 is 1.20. The van der Waals surface area contributed by atoms with Crippen molar-refractivity contribution in [2.75, 3.05) is 12.4 Å². The number of ether oxygens (including phenoxy) is 1. The van der Waals surface area contributed by atoms with Crippen LogP contribution in [0.5, 0.6) is 5.75 Å². The van der Waals surface area contributed by atoms with E-state index in [0.29, 0.717) is 15.5 Å². The van der Waals surface area contributed by atoms with E-state index >= 15 is 0 Å². The van der Waals surface area contributed by atoms with Crippen LogP contribution in [-0.2, 0) is 9.84 Å². The van der Waals surface area contributed by atoms with E-state index in [9.17, 15) is 8.42 Å². The molecule has 0 aliphatic carbocycles. The highest BCUT2D eigenvalue weighted by Crippen LogP contribution is 2.18. The Bertz CT molecular complexity index is 668. The van der Waals surface area contributed by atoms with Crippen LogP contribution in [0.3, 0.4) is 0 Å². The molecule has 0 unspecified atom stereocenters. The summed E-state index contributed by atoms with van der Waals surface area (Å²) in [6, 6.07) is 11.8. The Morgan fingerprint density at radius 3 is 2.53 bits per heavy atom. The molecule has 1 aromatic heterocycles. The van der Waals surface area contributed by atoms with Crippen molar-refractivity contribution in [1.29, 1.82) is 5.26 Å². The van der Waals surface area contributed by atoms with Crippen LogP contribution in [0.1, 0.15) is 5.56 Å². The van der Waals surface area contributed by atoms with E-state index in [4.69, 9.17) is 10.00 Å². The van der Waals surface area contributed by atoms with E-state index < -0.39 is 9.84 Å². The third-order valence-electron chi connectivity index (χ3n) is 2.41. The van der Waals surface area contributed by atoms with Crippen molar-refractivity contribution in [2.24, 2.45) is 0 Å². The van der Waals surface area contributed by atoms with Gasteiger partial charge in [-0.1, -0.05) is 6.07 Å². The Kier molecular flexibility index (Phi) is 4.20. The van der Waals surface area contributed by atoms with E-state index in [1.807, 2.05) is 6.07 Å². The van der Waals surface area contributed by atoms with Crippen LogP contribution in [-0.4, -0.2) is 20.8 Å². The highest BCUT2D eigenvalue weighted by atomic mass is 32.2. The molecule has 6 heteroatoms. The van der Waals surface area contributed by atoms with E-state index in [1.54, 1.807) is 41.8 Å². The van der Waals surface area contributed by atoms with Crippen LogP contribution in [0.15, 0.2) is 46.0 Å². The molecule has 0 fully saturated rings. The minimum atomic E-state index is -3.26. The van der Waals surface area contributed by atoms with Gasteiger partial charge in [-0.25, -0.2) is 8.42 Å². The zero-order chi connectivity index (χ0) is 13.7. The lowest BCUT2D eigenvalue weighted by Crippen LogP contribution is -2.13. The first kappa shape index (κ1) is 13.6. The molecule has 0 saturated heterocycles. The maximum absolute atomic E-state index is 11.9. The van der Waals surface area contributed by atoms with Crippen molar-refractivity contribution >= 4 is 21.2 Å². The second-order valence-corrected chi connectivity index (χ2v) is 7.02. The molecule has 0 bridgehead atoms. The molecule has 2 aromatic rings. The number of nitrogens with zero attached hydrogens (tertiary/aromatic N) is 1. The van der Waals surface area contributed by atoms with Crippen molar-refractivity contribution in [2.45, 2.75) is 4.21 Å². The summed E-state index contributed by atoms with van der Waals surface area (Å²) in [6.07, 6.45) is 0. The molecule has 19 heavy (non-hydrogen) atoms. The SMILES string of the molecule is N#Cc1ccc(OCCS(=O)(=O)c2cccs2)cc1. The van der Waals surface area contributed by atoms with Gasteiger partial charge in [-0.15, -0.1) is 11.3 Å². The van der Waals surface area contributed by atoms with Gasteiger partial charge in [0.05, 0.1) is 17.4 Å².